The van der Waals surface area contributed by atoms with Crippen LogP contribution in [0.5, 0.6) is 0 Å². The van der Waals surface area contributed by atoms with Gasteiger partial charge in [-0.25, -0.2) is 0 Å². The number of fused-ring (bicyclic) bond motifs is 1. The van der Waals surface area contributed by atoms with Gasteiger partial charge in [0.1, 0.15) is 0 Å². The molecule has 1 aromatic heterocycles. The number of hydrogen-bond donors (Lipinski definition) is 3. The molecule has 1 aromatic carbocycles. The highest BCUT2D eigenvalue weighted by Gasteiger charge is 2.36. The zero-order valence-corrected chi connectivity index (χ0v) is 13.9. The van der Waals surface area contributed by atoms with Crippen LogP contribution >= 0.6 is 0 Å². The number of aromatic amines is 2. The van der Waals surface area contributed by atoms with Gasteiger partial charge in [-0.1, -0.05) is 13.8 Å². The zero-order valence-electron chi connectivity index (χ0n) is 13.9. The van der Waals surface area contributed by atoms with Crippen molar-refractivity contribution in [1.29, 1.82) is 0 Å². The number of nitrogens with zero attached hydrogens (tertiary/aromatic N) is 1. The van der Waals surface area contributed by atoms with Crippen LogP contribution in [0.25, 0.3) is 0 Å². The second-order valence-corrected chi connectivity index (χ2v) is 6.34. The Hall–Kier alpha value is -3.16. The first kappa shape index (κ1) is 16.7. The summed E-state index contributed by atoms with van der Waals surface area (Å²) in [7, 11) is 0. The molecular weight excluding hydrogens is 324 g/mol. The number of carbonyl (C=O) groups excluding carboxylic acids is 3. The van der Waals surface area contributed by atoms with Gasteiger partial charge < -0.3 is 10.4 Å². The van der Waals surface area contributed by atoms with E-state index >= 15 is 0 Å². The van der Waals surface area contributed by atoms with E-state index in [4.69, 9.17) is 0 Å². The van der Waals surface area contributed by atoms with Crippen LogP contribution in [-0.2, 0) is 6.54 Å². The summed E-state index contributed by atoms with van der Waals surface area (Å²) in [4.78, 5) is 49.2. The van der Waals surface area contributed by atoms with Gasteiger partial charge in [-0.3, -0.25) is 29.2 Å². The van der Waals surface area contributed by atoms with Crippen molar-refractivity contribution < 1.29 is 14.4 Å². The Morgan fingerprint density at radius 2 is 1.80 bits per heavy atom. The highest BCUT2D eigenvalue weighted by Crippen LogP contribution is 2.24. The fourth-order valence-corrected chi connectivity index (χ4v) is 2.71. The number of imide groups is 1. The summed E-state index contributed by atoms with van der Waals surface area (Å²) in [6.45, 7) is 4.33. The van der Waals surface area contributed by atoms with Crippen molar-refractivity contribution >= 4 is 17.7 Å². The van der Waals surface area contributed by atoms with E-state index in [2.05, 4.69) is 15.5 Å². The molecule has 0 saturated heterocycles. The van der Waals surface area contributed by atoms with Crippen LogP contribution in [0, 0.1) is 5.92 Å². The minimum absolute atomic E-state index is 0.140. The molecular formula is C17H18N4O4. The first-order valence-corrected chi connectivity index (χ1v) is 7.92. The van der Waals surface area contributed by atoms with Gasteiger partial charge in [-0.05, 0) is 24.1 Å². The normalized spacial score (nSPS) is 13.5. The molecule has 1 aliphatic heterocycles. The molecule has 0 radical (unpaired) electrons. The van der Waals surface area contributed by atoms with Gasteiger partial charge in [0.25, 0.3) is 23.3 Å². The molecule has 0 bridgehead atoms. The Labute approximate surface area is 143 Å². The van der Waals surface area contributed by atoms with Crippen LogP contribution in [0.1, 0.15) is 50.6 Å². The summed E-state index contributed by atoms with van der Waals surface area (Å²) in [6, 6.07) is 5.79. The van der Waals surface area contributed by atoms with Gasteiger partial charge in [-0.2, -0.15) is 0 Å². The molecule has 8 heteroatoms. The lowest BCUT2D eigenvalue weighted by Gasteiger charge is -2.15. The third-order valence-corrected chi connectivity index (χ3v) is 3.87. The molecule has 8 nitrogen and oxygen atoms in total. The molecule has 25 heavy (non-hydrogen) atoms. The molecule has 130 valence electrons. The Morgan fingerprint density at radius 3 is 2.44 bits per heavy atom. The topological polar surface area (TPSA) is 115 Å². The van der Waals surface area contributed by atoms with E-state index in [0.29, 0.717) is 17.8 Å². The van der Waals surface area contributed by atoms with Gasteiger partial charge >= 0.3 is 0 Å². The van der Waals surface area contributed by atoms with E-state index in [1.54, 1.807) is 0 Å². The predicted molar refractivity (Wildman–Crippen MR) is 89.2 cm³/mol. The van der Waals surface area contributed by atoms with Gasteiger partial charge in [-0.15, -0.1) is 0 Å². The predicted octanol–water partition coefficient (Wildman–Crippen LogP) is 0.885. The number of amides is 3. The van der Waals surface area contributed by atoms with Gasteiger partial charge in [0.15, 0.2) is 0 Å². The Balaban J connectivity index is 1.77. The molecule has 3 rings (SSSR count). The van der Waals surface area contributed by atoms with Gasteiger partial charge in [0, 0.05) is 18.2 Å². The summed E-state index contributed by atoms with van der Waals surface area (Å²) in [5.74, 6) is -0.940. The number of hydrogen-bond acceptors (Lipinski definition) is 4. The van der Waals surface area contributed by atoms with E-state index in [1.807, 2.05) is 13.8 Å². The first-order chi connectivity index (χ1) is 11.9. The summed E-state index contributed by atoms with van der Waals surface area (Å²) in [6.07, 6.45) is 0. The minimum Gasteiger partial charge on any atom is -0.346 e. The van der Waals surface area contributed by atoms with E-state index in [9.17, 15) is 19.2 Å². The number of rotatable bonds is 5. The van der Waals surface area contributed by atoms with E-state index in [-0.39, 0.29) is 41.0 Å². The Kier molecular flexibility index (Phi) is 4.26. The zero-order chi connectivity index (χ0) is 18.1. The molecule has 2 heterocycles. The molecule has 0 fully saturated rings. The second-order valence-electron chi connectivity index (χ2n) is 6.34. The van der Waals surface area contributed by atoms with Crippen LogP contribution in [-0.4, -0.2) is 39.4 Å². The molecule has 0 atom stereocenters. The third-order valence-electron chi connectivity index (χ3n) is 3.87. The van der Waals surface area contributed by atoms with Gasteiger partial charge in [0.05, 0.1) is 23.4 Å². The van der Waals surface area contributed by atoms with E-state index in [1.165, 1.54) is 29.2 Å². The van der Waals surface area contributed by atoms with Crippen LogP contribution in [0.4, 0.5) is 0 Å². The number of aromatic nitrogens is 2. The number of H-pyrrole nitrogens is 2. The average molecular weight is 342 g/mol. The van der Waals surface area contributed by atoms with Crippen LogP contribution < -0.4 is 10.9 Å². The van der Waals surface area contributed by atoms with Crippen molar-refractivity contribution in [1.82, 2.24) is 20.4 Å². The molecule has 0 spiro atoms. The monoisotopic (exact) mass is 342 g/mol. The highest BCUT2D eigenvalue weighted by atomic mass is 16.2. The van der Waals surface area contributed by atoms with Crippen molar-refractivity contribution in [2.75, 3.05) is 6.54 Å². The molecule has 3 N–H and O–H groups in total. The molecule has 1 aliphatic rings. The summed E-state index contributed by atoms with van der Waals surface area (Å²) < 4.78 is 0. The molecule has 0 unspecified atom stereocenters. The Bertz CT molecular complexity index is 909. The molecule has 3 amide bonds. The van der Waals surface area contributed by atoms with Crippen molar-refractivity contribution in [3.63, 3.8) is 0 Å². The van der Waals surface area contributed by atoms with Crippen molar-refractivity contribution in [3.8, 4) is 0 Å². The Morgan fingerprint density at radius 1 is 1.08 bits per heavy atom. The van der Waals surface area contributed by atoms with E-state index < -0.39 is 5.91 Å². The second kappa shape index (κ2) is 6.39. The van der Waals surface area contributed by atoms with Gasteiger partial charge in [0.2, 0.25) is 0 Å². The largest absolute Gasteiger partial charge is 0.346 e. The maximum atomic E-state index is 12.4. The fraction of sp³-hybridized carbons (Fsp3) is 0.294. The van der Waals surface area contributed by atoms with Crippen LogP contribution in [0.15, 0.2) is 29.1 Å². The number of nitrogens with one attached hydrogen (secondary N) is 3. The maximum absolute atomic E-state index is 12.4. The first-order valence-electron chi connectivity index (χ1n) is 7.92. The fourth-order valence-electron chi connectivity index (χ4n) is 2.71. The maximum Gasteiger partial charge on any atom is 0.264 e. The van der Waals surface area contributed by atoms with Crippen molar-refractivity contribution in [3.05, 3.63) is 57.0 Å². The van der Waals surface area contributed by atoms with Crippen LogP contribution in [0.3, 0.4) is 0 Å². The lowest BCUT2D eigenvalue weighted by Crippen LogP contribution is -2.33. The van der Waals surface area contributed by atoms with Crippen LogP contribution in [0.2, 0.25) is 0 Å². The smallest absolute Gasteiger partial charge is 0.264 e. The molecule has 0 saturated carbocycles. The summed E-state index contributed by atoms with van der Waals surface area (Å²) in [5, 5.41) is 7.66. The van der Waals surface area contributed by atoms with Crippen molar-refractivity contribution in [2.24, 2.45) is 5.92 Å². The number of carbonyl (C=O) groups is 3. The number of benzene rings is 1. The third kappa shape index (κ3) is 3.23. The lowest BCUT2D eigenvalue weighted by atomic mass is 10.1. The SMILES string of the molecule is CC(C)CN1C(=O)c2ccc(C(=O)NCc3cc(=O)[nH][nH]3)cc2C1=O. The summed E-state index contributed by atoms with van der Waals surface area (Å²) in [5.41, 5.74) is 1.10. The minimum atomic E-state index is -0.396. The lowest BCUT2D eigenvalue weighted by molar-refractivity contribution is 0.0636. The van der Waals surface area contributed by atoms with E-state index in [0.717, 1.165) is 0 Å². The highest BCUT2D eigenvalue weighted by molar-refractivity contribution is 6.22. The quantitative estimate of drug-likeness (QED) is 0.700. The summed E-state index contributed by atoms with van der Waals surface area (Å²) >= 11 is 0. The van der Waals surface area contributed by atoms with Crippen molar-refractivity contribution in [2.45, 2.75) is 20.4 Å². The average Bonchev–Trinajstić information content (AvgIpc) is 3.09. The standard InChI is InChI=1S/C17H18N4O4/c1-9(2)8-21-16(24)12-4-3-10(5-13(12)17(21)25)15(23)18-7-11-6-14(22)20-19-11/h3-6,9H,7-8H2,1-2H3,(H,18,23)(H2,19,20,22). The molecule has 0 aliphatic carbocycles. The molecule has 2 aromatic rings.